The van der Waals surface area contributed by atoms with Crippen LogP contribution in [-0.2, 0) is 20.9 Å². The van der Waals surface area contributed by atoms with Crippen molar-refractivity contribution in [2.45, 2.75) is 13.5 Å². The van der Waals surface area contributed by atoms with Crippen LogP contribution in [0.1, 0.15) is 18.1 Å². The van der Waals surface area contributed by atoms with Gasteiger partial charge in [0.25, 0.3) is 11.8 Å². The number of anilines is 2. The fraction of sp³-hybridized carbons (Fsp3) is 0.0833. The van der Waals surface area contributed by atoms with Gasteiger partial charge in [-0.15, -0.1) is 0 Å². The molecule has 2 N–H and O–H groups in total. The average molecular weight is 430 g/mol. The van der Waals surface area contributed by atoms with Crippen LogP contribution in [0.25, 0.3) is 5.57 Å². The van der Waals surface area contributed by atoms with E-state index in [2.05, 4.69) is 15.6 Å². The molecule has 8 heteroatoms. The number of carbonyl (C=O) groups is 3. The molecule has 160 valence electrons. The van der Waals surface area contributed by atoms with Crippen molar-refractivity contribution in [2.24, 2.45) is 0 Å². The highest BCUT2D eigenvalue weighted by Crippen LogP contribution is 2.32. The number of pyridine rings is 1. The first-order valence-corrected chi connectivity index (χ1v) is 9.82. The van der Waals surface area contributed by atoms with E-state index in [1.165, 1.54) is 31.2 Å². The second kappa shape index (κ2) is 8.81. The summed E-state index contributed by atoms with van der Waals surface area (Å²) in [4.78, 5) is 42.9. The largest absolute Gasteiger partial charge is 0.350 e. The van der Waals surface area contributed by atoms with Crippen LogP contribution in [0.5, 0.6) is 0 Å². The molecule has 1 aromatic heterocycles. The van der Waals surface area contributed by atoms with Crippen LogP contribution in [-0.4, -0.2) is 27.6 Å². The van der Waals surface area contributed by atoms with E-state index < -0.39 is 17.6 Å². The zero-order valence-electron chi connectivity index (χ0n) is 17.1. The van der Waals surface area contributed by atoms with Gasteiger partial charge in [0, 0.05) is 30.7 Å². The number of hydrogen-bond acceptors (Lipinski definition) is 5. The molecule has 0 saturated heterocycles. The normalized spacial score (nSPS) is 13.5. The Kier molecular flexibility index (Phi) is 5.76. The predicted octanol–water partition coefficient (Wildman–Crippen LogP) is 3.57. The highest BCUT2D eigenvalue weighted by atomic mass is 19.1. The van der Waals surface area contributed by atoms with Crippen molar-refractivity contribution < 1.29 is 18.8 Å². The Labute approximate surface area is 183 Å². The van der Waals surface area contributed by atoms with Gasteiger partial charge in [-0.25, -0.2) is 4.39 Å². The first kappa shape index (κ1) is 20.9. The molecule has 0 unspecified atom stereocenters. The fourth-order valence-electron chi connectivity index (χ4n) is 3.38. The molecule has 0 fully saturated rings. The van der Waals surface area contributed by atoms with Gasteiger partial charge in [0.05, 0.1) is 12.1 Å². The summed E-state index contributed by atoms with van der Waals surface area (Å²) in [6, 6.07) is 15.6. The van der Waals surface area contributed by atoms with E-state index in [1.54, 1.807) is 48.8 Å². The molecule has 2 aromatic carbocycles. The van der Waals surface area contributed by atoms with Gasteiger partial charge >= 0.3 is 0 Å². The standard InChI is InChI=1S/C24H19FN4O3/c1-15(30)27-19-6-2-17(3-7-19)21-22(28-20-8-4-18(25)5-9-20)24(32)29(23(21)31)14-16-10-12-26-13-11-16/h2-13,28H,14H2,1H3,(H,27,30). The molecule has 0 radical (unpaired) electrons. The minimum absolute atomic E-state index is 0.0856. The van der Waals surface area contributed by atoms with E-state index in [9.17, 15) is 18.8 Å². The van der Waals surface area contributed by atoms with Crippen molar-refractivity contribution in [1.82, 2.24) is 9.88 Å². The van der Waals surface area contributed by atoms with Gasteiger partial charge in [0.1, 0.15) is 11.5 Å². The summed E-state index contributed by atoms with van der Waals surface area (Å²) in [5, 5.41) is 5.64. The van der Waals surface area contributed by atoms with Gasteiger partial charge in [0.15, 0.2) is 0 Å². The minimum atomic E-state index is -0.489. The van der Waals surface area contributed by atoms with Gasteiger partial charge in [0.2, 0.25) is 5.91 Å². The predicted molar refractivity (Wildman–Crippen MR) is 117 cm³/mol. The summed E-state index contributed by atoms with van der Waals surface area (Å²) in [6.07, 6.45) is 3.18. The third-order valence-corrected chi connectivity index (χ3v) is 4.87. The molecule has 4 rings (SSSR count). The topological polar surface area (TPSA) is 91.4 Å². The molecule has 7 nitrogen and oxygen atoms in total. The van der Waals surface area contributed by atoms with Crippen molar-refractivity contribution in [3.63, 3.8) is 0 Å². The zero-order chi connectivity index (χ0) is 22.7. The summed E-state index contributed by atoms with van der Waals surface area (Å²) >= 11 is 0. The molecule has 0 atom stereocenters. The lowest BCUT2D eigenvalue weighted by Crippen LogP contribution is -2.32. The van der Waals surface area contributed by atoms with Crippen LogP contribution in [0.2, 0.25) is 0 Å². The van der Waals surface area contributed by atoms with Gasteiger partial charge in [-0.3, -0.25) is 24.3 Å². The highest BCUT2D eigenvalue weighted by molar-refractivity contribution is 6.36. The number of imide groups is 1. The lowest BCUT2D eigenvalue weighted by molar-refractivity contribution is -0.137. The van der Waals surface area contributed by atoms with Crippen LogP contribution in [0.4, 0.5) is 15.8 Å². The molecule has 0 aliphatic carbocycles. The van der Waals surface area contributed by atoms with Crippen molar-refractivity contribution in [2.75, 3.05) is 10.6 Å². The molecule has 3 amide bonds. The second-order valence-electron chi connectivity index (χ2n) is 7.19. The Balaban J connectivity index is 1.71. The highest BCUT2D eigenvalue weighted by Gasteiger charge is 2.39. The van der Waals surface area contributed by atoms with E-state index in [0.717, 1.165) is 10.5 Å². The summed E-state index contributed by atoms with van der Waals surface area (Å²) in [6.45, 7) is 1.49. The first-order chi connectivity index (χ1) is 15.4. The average Bonchev–Trinajstić information content (AvgIpc) is 3.00. The summed E-state index contributed by atoms with van der Waals surface area (Å²) in [7, 11) is 0. The number of rotatable bonds is 6. The molecule has 32 heavy (non-hydrogen) atoms. The number of carbonyl (C=O) groups excluding carboxylic acids is 3. The number of nitrogens with one attached hydrogen (secondary N) is 2. The van der Waals surface area contributed by atoms with E-state index in [4.69, 9.17) is 0 Å². The Morgan fingerprint density at radius 3 is 2.16 bits per heavy atom. The SMILES string of the molecule is CC(=O)Nc1ccc(C2=C(Nc3ccc(F)cc3)C(=O)N(Cc3ccncc3)C2=O)cc1. The third-order valence-electron chi connectivity index (χ3n) is 4.87. The van der Waals surface area contributed by atoms with E-state index in [-0.39, 0.29) is 23.7 Å². The Hall–Kier alpha value is -4.33. The monoisotopic (exact) mass is 430 g/mol. The number of benzene rings is 2. The van der Waals surface area contributed by atoms with Crippen molar-refractivity contribution in [3.8, 4) is 0 Å². The van der Waals surface area contributed by atoms with E-state index in [0.29, 0.717) is 16.9 Å². The molecule has 2 heterocycles. The lowest BCUT2D eigenvalue weighted by atomic mass is 10.0. The van der Waals surface area contributed by atoms with Crippen LogP contribution in [0, 0.1) is 5.82 Å². The number of halogens is 1. The van der Waals surface area contributed by atoms with Gasteiger partial charge < -0.3 is 10.6 Å². The summed E-state index contributed by atoms with van der Waals surface area (Å²) < 4.78 is 13.3. The second-order valence-corrected chi connectivity index (χ2v) is 7.19. The van der Waals surface area contributed by atoms with Crippen LogP contribution in [0.3, 0.4) is 0 Å². The lowest BCUT2D eigenvalue weighted by Gasteiger charge is -2.15. The fourth-order valence-corrected chi connectivity index (χ4v) is 3.38. The molecule has 0 bridgehead atoms. The summed E-state index contributed by atoms with van der Waals surface area (Å²) in [5.74, 6) is -1.57. The number of aromatic nitrogens is 1. The number of nitrogens with zero attached hydrogens (tertiary/aromatic N) is 2. The first-order valence-electron chi connectivity index (χ1n) is 9.82. The number of hydrogen-bond donors (Lipinski definition) is 2. The van der Waals surface area contributed by atoms with Gasteiger partial charge in [-0.2, -0.15) is 0 Å². The number of amides is 3. The molecular weight excluding hydrogens is 411 g/mol. The maximum absolute atomic E-state index is 13.3. The third kappa shape index (κ3) is 4.39. The van der Waals surface area contributed by atoms with E-state index in [1.807, 2.05) is 0 Å². The van der Waals surface area contributed by atoms with Crippen LogP contribution < -0.4 is 10.6 Å². The quantitative estimate of drug-likeness (QED) is 0.584. The minimum Gasteiger partial charge on any atom is -0.350 e. The maximum atomic E-state index is 13.3. The molecule has 1 aliphatic rings. The van der Waals surface area contributed by atoms with E-state index >= 15 is 0 Å². The van der Waals surface area contributed by atoms with Gasteiger partial charge in [-0.05, 0) is 59.7 Å². The van der Waals surface area contributed by atoms with Crippen molar-refractivity contribution in [1.29, 1.82) is 0 Å². The molecular formula is C24H19FN4O3. The van der Waals surface area contributed by atoms with Crippen molar-refractivity contribution in [3.05, 3.63) is 95.7 Å². The molecule has 0 saturated carbocycles. The Bertz CT molecular complexity index is 1210. The summed E-state index contributed by atoms with van der Waals surface area (Å²) in [5.41, 5.74) is 2.61. The molecule has 3 aromatic rings. The van der Waals surface area contributed by atoms with Crippen molar-refractivity contribution >= 4 is 34.7 Å². The van der Waals surface area contributed by atoms with Crippen LogP contribution >= 0.6 is 0 Å². The molecule has 0 spiro atoms. The van der Waals surface area contributed by atoms with Crippen LogP contribution in [0.15, 0.2) is 78.8 Å². The maximum Gasteiger partial charge on any atom is 0.278 e. The zero-order valence-corrected chi connectivity index (χ0v) is 17.1. The Morgan fingerprint density at radius 1 is 0.906 bits per heavy atom. The smallest absolute Gasteiger partial charge is 0.278 e. The Morgan fingerprint density at radius 2 is 1.53 bits per heavy atom. The van der Waals surface area contributed by atoms with Gasteiger partial charge in [-0.1, -0.05) is 12.1 Å². The molecule has 1 aliphatic heterocycles.